The normalized spacial score (nSPS) is 21.4. The fourth-order valence-corrected chi connectivity index (χ4v) is 10.1. The summed E-state index contributed by atoms with van der Waals surface area (Å²) in [4.78, 5) is 0. The molecule has 2 aromatic rings. The third-order valence-corrected chi connectivity index (χ3v) is 10.8. The molecular formula is C30H42NO2P. The molecule has 184 valence electrons. The number of ether oxygens (including phenoxy) is 2. The molecule has 2 aromatic carbocycles. The van der Waals surface area contributed by atoms with Crippen LogP contribution in [0.5, 0.6) is 11.5 Å². The second-order valence-electron chi connectivity index (χ2n) is 10.5. The number of hydrogen-bond acceptors (Lipinski definition) is 3. The van der Waals surface area contributed by atoms with Crippen molar-refractivity contribution in [1.29, 1.82) is 0 Å². The Morgan fingerprint density at radius 3 is 1.71 bits per heavy atom. The summed E-state index contributed by atoms with van der Waals surface area (Å²) in [5.41, 5.74) is 15.6. The van der Waals surface area contributed by atoms with Crippen LogP contribution < -0.4 is 25.8 Å². The van der Waals surface area contributed by atoms with E-state index in [2.05, 4.69) is 58.9 Å². The van der Waals surface area contributed by atoms with Crippen molar-refractivity contribution in [2.75, 3.05) is 14.2 Å². The summed E-state index contributed by atoms with van der Waals surface area (Å²) in [5.74, 6) is 2.51. The lowest BCUT2D eigenvalue weighted by Crippen LogP contribution is -2.37. The number of nitrogens with two attached hydrogens (primary N) is 1. The van der Waals surface area contributed by atoms with Gasteiger partial charge in [-0.3, -0.25) is 0 Å². The van der Waals surface area contributed by atoms with Gasteiger partial charge in [0.25, 0.3) is 0 Å². The molecule has 0 unspecified atom stereocenters. The molecule has 4 rings (SSSR count). The first kappa shape index (κ1) is 25.3. The highest BCUT2D eigenvalue weighted by molar-refractivity contribution is 7.73. The number of methoxy groups -OCH3 is 2. The number of benzene rings is 2. The van der Waals surface area contributed by atoms with Crippen molar-refractivity contribution in [3.05, 3.63) is 57.7 Å². The van der Waals surface area contributed by atoms with Gasteiger partial charge < -0.3 is 15.2 Å². The molecule has 2 N–H and O–H groups in total. The molecule has 0 aliphatic heterocycles. The smallest absolute Gasteiger partial charge is 0.124 e. The van der Waals surface area contributed by atoms with Crippen molar-refractivity contribution < 1.29 is 9.47 Å². The highest BCUT2D eigenvalue weighted by Crippen LogP contribution is 2.56. The lowest BCUT2D eigenvalue weighted by Gasteiger charge is -2.35. The van der Waals surface area contributed by atoms with E-state index < -0.39 is 7.92 Å². The maximum Gasteiger partial charge on any atom is 0.124 e. The molecule has 3 nitrogen and oxygen atoms in total. The minimum absolute atomic E-state index is 0.183. The quantitative estimate of drug-likeness (QED) is 0.387. The molecular weight excluding hydrogens is 437 g/mol. The van der Waals surface area contributed by atoms with E-state index in [1.54, 1.807) is 25.4 Å². The molecule has 4 heteroatoms. The Labute approximate surface area is 207 Å². The number of rotatable bonds is 6. The highest BCUT2D eigenvalue weighted by atomic mass is 31.1. The molecule has 0 spiro atoms. The molecule has 2 aliphatic carbocycles. The van der Waals surface area contributed by atoms with E-state index >= 15 is 0 Å². The molecule has 0 amide bonds. The summed E-state index contributed by atoms with van der Waals surface area (Å²) in [6, 6.07) is 9.74. The van der Waals surface area contributed by atoms with E-state index in [-0.39, 0.29) is 6.04 Å². The summed E-state index contributed by atoms with van der Waals surface area (Å²) < 4.78 is 11.5. The first-order valence-electron chi connectivity index (χ1n) is 12.8. The Kier molecular flexibility index (Phi) is 7.75. The van der Waals surface area contributed by atoms with Gasteiger partial charge in [0.1, 0.15) is 11.5 Å². The van der Waals surface area contributed by atoms with Crippen molar-refractivity contribution in [2.24, 2.45) is 11.7 Å². The lowest BCUT2D eigenvalue weighted by molar-refractivity contribution is 0.408. The van der Waals surface area contributed by atoms with Crippen molar-refractivity contribution in [2.45, 2.75) is 84.8 Å². The minimum Gasteiger partial charge on any atom is -0.496 e. The number of allylic oxidation sites excluding steroid dienone is 2. The molecule has 0 aromatic heterocycles. The third kappa shape index (κ3) is 4.67. The van der Waals surface area contributed by atoms with E-state index in [0.29, 0.717) is 11.6 Å². The van der Waals surface area contributed by atoms with Crippen molar-refractivity contribution in [1.82, 2.24) is 0 Å². The average molecular weight is 480 g/mol. The van der Waals surface area contributed by atoms with Crippen LogP contribution in [-0.2, 0) is 0 Å². The van der Waals surface area contributed by atoms with Crippen LogP contribution in [0.15, 0.2) is 35.4 Å². The van der Waals surface area contributed by atoms with Crippen molar-refractivity contribution in [3.8, 4) is 11.5 Å². The van der Waals surface area contributed by atoms with Crippen LogP contribution in [0.1, 0.15) is 67.7 Å². The van der Waals surface area contributed by atoms with Crippen LogP contribution in [0.4, 0.5) is 0 Å². The van der Waals surface area contributed by atoms with E-state index in [4.69, 9.17) is 15.2 Å². The first-order chi connectivity index (χ1) is 16.3. The highest BCUT2D eigenvalue weighted by Gasteiger charge is 2.42. The molecule has 34 heavy (non-hydrogen) atoms. The van der Waals surface area contributed by atoms with E-state index in [1.165, 1.54) is 71.4 Å². The molecule has 0 saturated carbocycles. The van der Waals surface area contributed by atoms with Crippen LogP contribution in [-0.4, -0.2) is 25.9 Å². The number of hydrogen-bond donors (Lipinski definition) is 1. The van der Waals surface area contributed by atoms with E-state index in [1.807, 2.05) is 0 Å². The SMILES string of the molecule is COc1c(C)cc(P(c2cc(C)c(OC)c(C)c2)[C@H]2C3=C(CCCCC3)C[C@H]2[C@@H](C)N)cc1C. The van der Waals surface area contributed by atoms with Gasteiger partial charge in [-0.2, -0.15) is 0 Å². The molecule has 2 aliphatic rings. The maximum atomic E-state index is 6.73. The Morgan fingerprint density at radius 2 is 1.26 bits per heavy atom. The zero-order chi connectivity index (χ0) is 24.6. The van der Waals surface area contributed by atoms with Gasteiger partial charge in [-0.05, 0) is 138 Å². The standard InChI is InChI=1S/C30H42NO2P/c1-18-13-24(14-19(2)28(18)32-6)34(25-15-20(3)29(33-7)21(4)16-25)30-26-12-10-8-9-11-23(26)17-27(30)22(5)31/h13-16,22,27,30H,8-12,17,31H2,1-7H3/t22-,27+,30+/m1/s1. The monoisotopic (exact) mass is 479 g/mol. The van der Waals surface area contributed by atoms with Crippen LogP contribution in [0, 0.1) is 33.6 Å². The maximum absolute atomic E-state index is 6.73. The fourth-order valence-electron chi connectivity index (χ4n) is 6.48. The molecule has 0 bridgehead atoms. The minimum atomic E-state index is -0.628. The van der Waals surface area contributed by atoms with Crippen LogP contribution in [0.2, 0.25) is 0 Å². The second kappa shape index (κ2) is 10.4. The molecule has 0 radical (unpaired) electrons. The van der Waals surface area contributed by atoms with Gasteiger partial charge in [0.2, 0.25) is 0 Å². The van der Waals surface area contributed by atoms with Gasteiger partial charge in [-0.25, -0.2) is 0 Å². The second-order valence-corrected chi connectivity index (χ2v) is 12.8. The number of aryl methyl sites for hydroxylation is 4. The Morgan fingerprint density at radius 1 is 0.794 bits per heavy atom. The predicted molar refractivity (Wildman–Crippen MR) is 147 cm³/mol. The summed E-state index contributed by atoms with van der Waals surface area (Å²) in [6.07, 6.45) is 7.67. The zero-order valence-corrected chi connectivity index (χ0v) is 23.0. The Bertz CT molecular complexity index is 982. The van der Waals surface area contributed by atoms with Gasteiger partial charge >= 0.3 is 0 Å². The van der Waals surface area contributed by atoms with Crippen LogP contribution in [0.25, 0.3) is 0 Å². The Hall–Kier alpha value is -1.83. The van der Waals surface area contributed by atoms with Crippen LogP contribution in [0.3, 0.4) is 0 Å². The third-order valence-electron chi connectivity index (χ3n) is 7.93. The summed E-state index contributed by atoms with van der Waals surface area (Å²) in [6.45, 7) is 11.0. The lowest BCUT2D eigenvalue weighted by atomic mass is 9.95. The zero-order valence-electron chi connectivity index (χ0n) is 22.1. The van der Waals surface area contributed by atoms with Gasteiger partial charge in [0.15, 0.2) is 0 Å². The topological polar surface area (TPSA) is 44.5 Å². The van der Waals surface area contributed by atoms with E-state index in [0.717, 1.165) is 11.5 Å². The molecule has 0 fully saturated rings. The van der Waals surface area contributed by atoms with Crippen LogP contribution >= 0.6 is 7.92 Å². The predicted octanol–water partition coefficient (Wildman–Crippen LogP) is 6.37. The molecule has 0 heterocycles. The van der Waals surface area contributed by atoms with Gasteiger partial charge in [0.05, 0.1) is 14.2 Å². The van der Waals surface area contributed by atoms with Gasteiger partial charge in [-0.1, -0.05) is 17.6 Å². The molecule has 0 saturated heterocycles. The van der Waals surface area contributed by atoms with Gasteiger partial charge in [-0.15, -0.1) is 0 Å². The fraction of sp³-hybridized carbons (Fsp3) is 0.533. The average Bonchev–Trinajstić information content (AvgIpc) is 2.96. The summed E-state index contributed by atoms with van der Waals surface area (Å²) in [7, 11) is 2.93. The van der Waals surface area contributed by atoms with Gasteiger partial charge in [0, 0.05) is 11.7 Å². The van der Waals surface area contributed by atoms with Crippen molar-refractivity contribution in [3.63, 3.8) is 0 Å². The Balaban J connectivity index is 1.95. The summed E-state index contributed by atoms with van der Waals surface area (Å²) in [5, 5.41) is 2.90. The van der Waals surface area contributed by atoms with E-state index in [9.17, 15) is 0 Å². The molecule has 3 atom stereocenters. The largest absolute Gasteiger partial charge is 0.496 e. The first-order valence-corrected chi connectivity index (χ1v) is 14.2. The van der Waals surface area contributed by atoms with Crippen molar-refractivity contribution >= 4 is 18.5 Å². The summed E-state index contributed by atoms with van der Waals surface area (Å²) >= 11 is 0.